The summed E-state index contributed by atoms with van der Waals surface area (Å²) in [5, 5.41) is 18.4. The van der Waals surface area contributed by atoms with Crippen LogP contribution in [0.3, 0.4) is 0 Å². The average Bonchev–Trinajstić information content (AvgIpc) is 2.96. The molecule has 0 fully saturated rings. The lowest BCUT2D eigenvalue weighted by Gasteiger charge is -2.19. The fourth-order valence-electron chi connectivity index (χ4n) is 1.92. The zero-order valence-electron chi connectivity index (χ0n) is 12.9. The van der Waals surface area contributed by atoms with Crippen molar-refractivity contribution >= 4 is 23.3 Å². The van der Waals surface area contributed by atoms with Crippen LogP contribution < -0.4 is 16.0 Å². The Balaban J connectivity index is 2.40. The molecule has 3 N–H and O–H groups in total. The minimum atomic E-state index is -0.630. The summed E-state index contributed by atoms with van der Waals surface area (Å²) >= 11 is 1.64. The number of urea groups is 1. The molecular weight excluding hydrogens is 300 g/mol. The molecule has 0 aliphatic carbocycles. The van der Waals surface area contributed by atoms with Crippen molar-refractivity contribution in [1.82, 2.24) is 16.0 Å². The van der Waals surface area contributed by atoms with Crippen molar-refractivity contribution in [2.24, 2.45) is 5.92 Å². The van der Waals surface area contributed by atoms with Gasteiger partial charge in [0.15, 0.2) is 0 Å². The van der Waals surface area contributed by atoms with Gasteiger partial charge in [-0.05, 0) is 30.2 Å². The monoisotopic (exact) mass is 322 g/mol. The molecule has 0 saturated heterocycles. The number of rotatable bonds is 8. The minimum Gasteiger partial charge on any atom is -0.341 e. The Morgan fingerprint density at radius 1 is 1.36 bits per heavy atom. The third kappa shape index (κ3) is 7.09. The molecule has 6 nitrogen and oxygen atoms in total. The van der Waals surface area contributed by atoms with Crippen LogP contribution in [0.2, 0.25) is 0 Å². The van der Waals surface area contributed by atoms with Crippen LogP contribution >= 0.6 is 11.3 Å². The Morgan fingerprint density at radius 3 is 2.73 bits per heavy atom. The summed E-state index contributed by atoms with van der Waals surface area (Å²) in [4.78, 5) is 25.0. The summed E-state index contributed by atoms with van der Waals surface area (Å²) in [5.41, 5.74) is 0. The second-order valence-corrected chi connectivity index (χ2v) is 6.32. The number of amides is 3. The molecule has 0 radical (unpaired) electrons. The molecule has 1 heterocycles. The number of carbonyl (C=O) groups is 2. The van der Waals surface area contributed by atoms with Gasteiger partial charge in [0.05, 0.1) is 6.07 Å². The highest BCUT2D eigenvalue weighted by Crippen LogP contribution is 2.08. The van der Waals surface area contributed by atoms with Gasteiger partial charge in [0.25, 0.3) is 0 Å². The molecule has 0 spiro atoms. The molecule has 0 aromatic carbocycles. The van der Waals surface area contributed by atoms with Crippen LogP contribution in [0.4, 0.5) is 4.79 Å². The van der Waals surface area contributed by atoms with Crippen LogP contribution in [0.15, 0.2) is 17.5 Å². The van der Waals surface area contributed by atoms with Crippen LogP contribution in [0.1, 0.15) is 25.1 Å². The normalized spacial score (nSPS) is 11.5. The number of thiophene rings is 1. The van der Waals surface area contributed by atoms with Crippen molar-refractivity contribution in [2.45, 2.75) is 32.7 Å². The fourth-order valence-corrected chi connectivity index (χ4v) is 2.63. The number of hydrogen-bond donors (Lipinski definition) is 3. The molecule has 0 unspecified atom stereocenters. The summed E-state index contributed by atoms with van der Waals surface area (Å²) < 4.78 is 0. The van der Waals surface area contributed by atoms with E-state index in [4.69, 9.17) is 5.26 Å². The summed E-state index contributed by atoms with van der Waals surface area (Å²) in [6.45, 7) is 4.40. The molecule has 1 aromatic rings. The number of nitriles is 1. The zero-order valence-corrected chi connectivity index (χ0v) is 13.7. The molecule has 120 valence electrons. The maximum absolute atomic E-state index is 11.9. The van der Waals surface area contributed by atoms with E-state index in [-0.39, 0.29) is 24.4 Å². The molecule has 0 bridgehead atoms. The first-order chi connectivity index (χ1) is 10.5. The molecule has 22 heavy (non-hydrogen) atoms. The van der Waals surface area contributed by atoms with Gasteiger partial charge in [-0.25, -0.2) is 4.79 Å². The highest BCUT2D eigenvalue weighted by atomic mass is 32.1. The van der Waals surface area contributed by atoms with Gasteiger partial charge >= 0.3 is 6.03 Å². The van der Waals surface area contributed by atoms with Crippen molar-refractivity contribution in [3.63, 3.8) is 0 Å². The quantitative estimate of drug-likeness (QED) is 0.635. The Morgan fingerprint density at radius 2 is 2.14 bits per heavy atom. The van der Waals surface area contributed by atoms with Crippen LogP contribution in [-0.4, -0.2) is 31.1 Å². The van der Waals surface area contributed by atoms with E-state index in [1.165, 1.54) is 4.88 Å². The summed E-state index contributed by atoms with van der Waals surface area (Å²) in [7, 11) is 0. The minimum absolute atomic E-state index is 0.0604. The fraction of sp³-hybridized carbons (Fsp3) is 0.533. The molecule has 7 heteroatoms. The Hall–Kier alpha value is -2.07. The third-order valence-corrected chi connectivity index (χ3v) is 3.84. The van der Waals surface area contributed by atoms with Gasteiger partial charge in [0.1, 0.15) is 12.6 Å². The van der Waals surface area contributed by atoms with Gasteiger partial charge in [-0.2, -0.15) is 5.26 Å². The van der Waals surface area contributed by atoms with Gasteiger partial charge in [0.2, 0.25) is 5.91 Å². The number of hydrogen-bond acceptors (Lipinski definition) is 4. The van der Waals surface area contributed by atoms with Crippen molar-refractivity contribution in [3.05, 3.63) is 22.4 Å². The molecule has 0 aliphatic heterocycles. The van der Waals surface area contributed by atoms with Gasteiger partial charge < -0.3 is 16.0 Å². The topological polar surface area (TPSA) is 94.0 Å². The molecular formula is C15H22N4O2S. The summed E-state index contributed by atoms with van der Waals surface area (Å²) in [5.74, 6) is -0.0760. The number of nitrogens with zero attached hydrogens (tertiary/aromatic N) is 1. The predicted molar refractivity (Wildman–Crippen MR) is 86.4 cm³/mol. The van der Waals surface area contributed by atoms with Gasteiger partial charge in [-0.1, -0.05) is 19.9 Å². The first-order valence-corrected chi connectivity index (χ1v) is 8.12. The second kappa shape index (κ2) is 9.79. The smallest absolute Gasteiger partial charge is 0.315 e. The lowest BCUT2D eigenvalue weighted by molar-refractivity contribution is -0.123. The van der Waals surface area contributed by atoms with E-state index in [0.717, 1.165) is 6.42 Å². The lowest BCUT2D eigenvalue weighted by Crippen LogP contribution is -2.50. The summed E-state index contributed by atoms with van der Waals surface area (Å²) in [6.07, 6.45) is 1.29. The first-order valence-electron chi connectivity index (χ1n) is 7.24. The Kier molecular flexibility index (Phi) is 8.00. The van der Waals surface area contributed by atoms with E-state index in [1.54, 1.807) is 11.3 Å². The third-order valence-electron chi connectivity index (χ3n) is 2.91. The molecule has 0 saturated carbocycles. The highest BCUT2D eigenvalue weighted by Gasteiger charge is 2.21. The van der Waals surface area contributed by atoms with Crippen LogP contribution in [0.25, 0.3) is 0 Å². The van der Waals surface area contributed by atoms with E-state index >= 15 is 0 Å². The average molecular weight is 322 g/mol. The Labute approximate surface area is 134 Å². The highest BCUT2D eigenvalue weighted by molar-refractivity contribution is 7.09. The zero-order chi connectivity index (χ0) is 16.4. The maximum atomic E-state index is 11.9. The van der Waals surface area contributed by atoms with E-state index < -0.39 is 6.04 Å². The van der Waals surface area contributed by atoms with Gasteiger partial charge in [-0.3, -0.25) is 4.79 Å². The Bertz CT molecular complexity index is 508. The van der Waals surface area contributed by atoms with Crippen LogP contribution in [-0.2, 0) is 11.2 Å². The van der Waals surface area contributed by atoms with Crippen molar-refractivity contribution in [3.8, 4) is 6.07 Å². The molecule has 1 rings (SSSR count). The standard InChI is InChI=1S/C15H22N4O2S/c1-11(2)10-13(14(20)17-8-6-16)19-15(21)18-7-5-12-4-3-9-22-12/h3-4,9,11,13H,5,7-8,10H2,1-2H3,(H,17,20)(H2,18,19,21)/t13-/m0/s1. The van der Waals surface area contributed by atoms with Crippen LogP contribution in [0.5, 0.6) is 0 Å². The van der Waals surface area contributed by atoms with Gasteiger partial charge in [-0.15, -0.1) is 11.3 Å². The lowest BCUT2D eigenvalue weighted by atomic mass is 10.0. The predicted octanol–water partition coefficient (Wildman–Crippen LogP) is 1.64. The van der Waals surface area contributed by atoms with Crippen molar-refractivity contribution in [1.29, 1.82) is 5.26 Å². The van der Waals surface area contributed by atoms with Crippen LogP contribution in [0, 0.1) is 17.2 Å². The molecule has 1 atom stereocenters. The SMILES string of the molecule is CC(C)C[C@H](NC(=O)NCCc1cccs1)C(=O)NCC#N. The van der Waals surface area contributed by atoms with Crippen molar-refractivity contribution in [2.75, 3.05) is 13.1 Å². The molecule has 0 aliphatic rings. The summed E-state index contributed by atoms with van der Waals surface area (Å²) in [6, 6.07) is 4.84. The van der Waals surface area contributed by atoms with E-state index in [9.17, 15) is 9.59 Å². The van der Waals surface area contributed by atoms with E-state index in [1.807, 2.05) is 37.4 Å². The van der Waals surface area contributed by atoms with E-state index in [2.05, 4.69) is 16.0 Å². The van der Waals surface area contributed by atoms with Crippen molar-refractivity contribution < 1.29 is 9.59 Å². The molecule has 1 aromatic heterocycles. The second-order valence-electron chi connectivity index (χ2n) is 5.29. The molecule has 3 amide bonds. The van der Waals surface area contributed by atoms with E-state index in [0.29, 0.717) is 13.0 Å². The van der Waals surface area contributed by atoms with Gasteiger partial charge in [0, 0.05) is 11.4 Å². The largest absolute Gasteiger partial charge is 0.341 e. The number of carbonyl (C=O) groups excluding carboxylic acids is 2. The number of nitrogens with one attached hydrogen (secondary N) is 3. The maximum Gasteiger partial charge on any atom is 0.315 e. The first kappa shape index (κ1) is 18.0.